The molecular weight excluding hydrogens is 1490 g/mol. The number of carbonyl (C=O) groups is 3. The number of ether oxygens (including phenoxy) is 14. The lowest BCUT2D eigenvalue weighted by Gasteiger charge is -2.71. The molecule has 6 aliphatic heterocycles. The summed E-state index contributed by atoms with van der Waals surface area (Å²) in [6, 6.07) is 6.46. The van der Waals surface area contributed by atoms with E-state index in [1.165, 1.54) is 34.0 Å². The third kappa shape index (κ3) is 15.1. The number of fused-ring (bicyclic) bond motifs is 7. The van der Waals surface area contributed by atoms with Gasteiger partial charge in [-0.15, -0.1) is 0 Å². The molecule has 1 aromatic rings. The van der Waals surface area contributed by atoms with E-state index < -0.39 is 298 Å². The zero-order valence-corrected chi connectivity index (χ0v) is 63.3. The number of carbonyl (C=O) groups excluding carboxylic acids is 2. The topological polar surface area (TPSA) is 585 Å². The Morgan fingerprint density at radius 1 is 0.518 bits per heavy atom. The Bertz CT molecular complexity index is 3480. The molecule has 37 heteroatoms. The second kappa shape index (κ2) is 33.5. The smallest absolute Gasteiger partial charge is 0.331 e. The second-order valence-corrected chi connectivity index (χ2v) is 33.9. The lowest BCUT2D eigenvalue weighted by atomic mass is 9.33. The van der Waals surface area contributed by atoms with Crippen molar-refractivity contribution < 1.29 is 183 Å². The standard InChI is InChI=1S/C75H112O37/c1-29-56(107-62-51(91)44(84)36(81)27-100-62)50(90)54(94)63(101-29)110-60-59(109-66-55(95)58(47(87)39(26-78)105-66)108-64-52(92)48(88)45(85)37(24-76)103-64)57(106-43(83)16-11-31-9-12-32(99-8)13-10-31)30(2)102-67(60)112-69(98)75-20-19-74(28-79)33(34(75)21-70(3,4)23-42(75)82)14-15-40-71(5)22-35(80)61(73(7,68(96)97)41(71)17-18-72(40,74)6)111-65-53(93)49(89)46(86)38(25-77)104-65/h9-14,16,29-30,34-42,44-67,76-82,84-95H,15,17-28H2,1-8H3,(H,96,97)/b16-11+/t29-,30+,34-,35-,36+,37+,38+,39+,40+,41+,42+,44-,45+,46+,47+,48-,49-,50-,51+,52+,53+,54+,55+,56-,57-,58-,59-,60+,61-,62-,63-,64-,65-,66-,67-,71+,72+,73-,74-,75-/m0/s1. The molecule has 0 radical (unpaired) electrons. The number of hydrogen-bond donors (Lipinski definition) is 20. The third-order valence-corrected chi connectivity index (χ3v) is 26.9. The minimum atomic E-state index is -2.32. The SMILES string of the molecule is COc1ccc(/C=C/C(=O)O[C@@H]2[C@H](O[C@@H]3O[C@H](CO)[C@@H](O)[C@H](O[C@@H]4O[C@H](CO)[C@@H](O)[C@H](O)[C@H]4O)[C@H]3O)[C@@H](O[C@@H]3O[C@@H](C)[C@H](O[C@@H]4OC[C@@H](O)[C@H](O)[C@H]4O)[C@@H](O)[C@H]3O)[C@H](OC(=O)[C@@]34CC[C@]5(CO)C(=CC[C@@H]6[C@@]7(C)C[C@H](O)[C@H](O[C@@H]8O[C@H](CO)[C@@H](O)[C@H](O)[C@H]8O)[C@@](C)(C(=O)O)[C@@H]7CC[C@]65C)[C@@H]3CC(C)(C)C[C@H]4O)O[C@@H]2C)cc1. The molecular formula is C75H112O37. The van der Waals surface area contributed by atoms with Crippen LogP contribution in [0.5, 0.6) is 5.75 Å². The van der Waals surface area contributed by atoms with Crippen molar-refractivity contribution >= 4 is 24.0 Å². The Labute approximate surface area is 644 Å². The number of aliphatic hydroxyl groups excluding tert-OH is 19. The van der Waals surface area contributed by atoms with Crippen molar-refractivity contribution in [1.29, 1.82) is 0 Å². The summed E-state index contributed by atoms with van der Waals surface area (Å²) in [7, 11) is 1.45. The number of benzene rings is 1. The number of methoxy groups -OCH3 is 1. The molecule has 1 aromatic carbocycles. The lowest BCUT2D eigenvalue weighted by molar-refractivity contribution is -0.398. The van der Waals surface area contributed by atoms with Gasteiger partial charge in [0.2, 0.25) is 6.29 Å². The van der Waals surface area contributed by atoms with Crippen LogP contribution in [0.25, 0.3) is 6.08 Å². The number of carboxylic acid groups (broad SMARTS) is 1. The van der Waals surface area contributed by atoms with Crippen LogP contribution >= 0.6 is 0 Å². The molecule has 6 saturated heterocycles. The van der Waals surface area contributed by atoms with Gasteiger partial charge in [0.1, 0.15) is 133 Å². The fourth-order valence-electron chi connectivity index (χ4n) is 20.7. The Hall–Kier alpha value is -4.29. The zero-order valence-electron chi connectivity index (χ0n) is 63.3. The van der Waals surface area contributed by atoms with Gasteiger partial charge in [-0.25, -0.2) is 4.79 Å². The maximum atomic E-state index is 16.6. The molecule has 0 unspecified atom stereocenters. The fourth-order valence-corrected chi connectivity index (χ4v) is 20.7. The van der Waals surface area contributed by atoms with E-state index in [9.17, 15) is 112 Å². The minimum absolute atomic E-state index is 0.0178. The Kier molecular flexibility index (Phi) is 26.0. The van der Waals surface area contributed by atoms with Crippen LogP contribution in [-0.4, -0.2) is 357 Å². The average Bonchev–Trinajstić information content (AvgIpc) is 0.666. The van der Waals surface area contributed by atoms with Gasteiger partial charge in [-0.1, -0.05) is 51.5 Å². The second-order valence-electron chi connectivity index (χ2n) is 33.9. The van der Waals surface area contributed by atoms with Crippen molar-refractivity contribution in [3.05, 3.63) is 47.6 Å². The highest BCUT2D eigenvalue weighted by atomic mass is 16.8. The van der Waals surface area contributed by atoms with Crippen molar-refractivity contribution in [3.8, 4) is 5.75 Å². The molecule has 0 spiro atoms. The van der Waals surface area contributed by atoms with Crippen LogP contribution < -0.4 is 4.74 Å². The summed E-state index contributed by atoms with van der Waals surface area (Å²) in [5.74, 6) is -5.46. The van der Waals surface area contributed by atoms with Gasteiger partial charge in [-0.3, -0.25) is 9.59 Å². The van der Waals surface area contributed by atoms with Gasteiger partial charge in [0.15, 0.2) is 43.7 Å². The summed E-state index contributed by atoms with van der Waals surface area (Å²) in [5, 5.41) is 225. The first kappa shape index (κ1) is 87.0. The predicted octanol–water partition coefficient (Wildman–Crippen LogP) is -5.44. The summed E-state index contributed by atoms with van der Waals surface area (Å²) < 4.78 is 85.3. The van der Waals surface area contributed by atoms with Gasteiger partial charge in [-0.05, 0) is 130 Å². The van der Waals surface area contributed by atoms with Crippen LogP contribution in [0.2, 0.25) is 0 Å². The Balaban J connectivity index is 0.919. The molecule has 5 aliphatic carbocycles. The van der Waals surface area contributed by atoms with Gasteiger partial charge in [0, 0.05) is 11.5 Å². The number of aliphatic carboxylic acids is 1. The largest absolute Gasteiger partial charge is 0.497 e. The average molecular weight is 1610 g/mol. The molecule has 37 nitrogen and oxygen atoms in total. The van der Waals surface area contributed by atoms with Crippen LogP contribution in [0.1, 0.15) is 105 Å². The summed E-state index contributed by atoms with van der Waals surface area (Å²) in [5.41, 5.74) is -6.96. The van der Waals surface area contributed by atoms with E-state index in [1.807, 2.05) is 33.8 Å². The van der Waals surface area contributed by atoms with Crippen molar-refractivity contribution in [2.24, 2.45) is 50.2 Å². The molecule has 0 bridgehead atoms. The minimum Gasteiger partial charge on any atom is -0.497 e. The summed E-state index contributed by atoms with van der Waals surface area (Å²) in [4.78, 5) is 45.1. The van der Waals surface area contributed by atoms with Crippen LogP contribution in [-0.2, 0) is 76.0 Å². The van der Waals surface area contributed by atoms with E-state index in [1.54, 1.807) is 24.3 Å². The molecule has 40 atom stereocenters. The van der Waals surface area contributed by atoms with Gasteiger partial charge >= 0.3 is 17.9 Å². The molecule has 112 heavy (non-hydrogen) atoms. The zero-order chi connectivity index (χ0) is 81.7. The first-order chi connectivity index (χ1) is 52.8. The van der Waals surface area contributed by atoms with Crippen molar-refractivity contribution in [1.82, 2.24) is 0 Å². The normalized spacial score (nSPS) is 50.2. The van der Waals surface area contributed by atoms with Gasteiger partial charge in [0.05, 0.1) is 70.0 Å². The van der Waals surface area contributed by atoms with E-state index in [2.05, 4.69) is 0 Å². The van der Waals surface area contributed by atoms with Gasteiger partial charge in [-0.2, -0.15) is 0 Å². The molecule has 12 rings (SSSR count). The van der Waals surface area contributed by atoms with Crippen LogP contribution in [0.3, 0.4) is 0 Å². The molecule has 634 valence electrons. The fraction of sp³-hybridized carbons (Fsp3) is 0.827. The molecule has 6 heterocycles. The molecule has 20 N–H and O–H groups in total. The van der Waals surface area contributed by atoms with Crippen molar-refractivity contribution in [2.45, 2.75) is 296 Å². The first-order valence-electron chi connectivity index (χ1n) is 38.2. The molecule has 0 aromatic heterocycles. The number of rotatable bonds is 21. The van der Waals surface area contributed by atoms with E-state index in [-0.39, 0.29) is 51.4 Å². The highest BCUT2D eigenvalue weighted by molar-refractivity contribution is 5.87. The predicted molar refractivity (Wildman–Crippen MR) is 371 cm³/mol. The monoisotopic (exact) mass is 1600 g/mol. The van der Waals surface area contributed by atoms with Crippen LogP contribution in [0.15, 0.2) is 42.0 Å². The van der Waals surface area contributed by atoms with Gasteiger partial charge < -0.3 is 168 Å². The Morgan fingerprint density at radius 3 is 1.65 bits per heavy atom. The molecule has 0 amide bonds. The number of carboxylic acids is 1. The van der Waals surface area contributed by atoms with E-state index in [0.29, 0.717) is 16.9 Å². The number of aliphatic hydroxyl groups is 19. The third-order valence-electron chi connectivity index (χ3n) is 26.9. The van der Waals surface area contributed by atoms with E-state index >= 15 is 4.79 Å². The van der Waals surface area contributed by atoms with E-state index in [0.717, 1.165) is 6.08 Å². The number of esters is 2. The first-order valence-corrected chi connectivity index (χ1v) is 38.2. The molecule has 10 fully saturated rings. The van der Waals surface area contributed by atoms with E-state index in [4.69, 9.17) is 66.3 Å². The summed E-state index contributed by atoms with van der Waals surface area (Å²) in [6.07, 6.45) is -55.4. The summed E-state index contributed by atoms with van der Waals surface area (Å²) in [6.45, 7) is 7.92. The van der Waals surface area contributed by atoms with Crippen LogP contribution in [0.4, 0.5) is 0 Å². The highest BCUT2D eigenvalue weighted by Gasteiger charge is 2.75. The highest BCUT2D eigenvalue weighted by Crippen LogP contribution is 2.76. The van der Waals surface area contributed by atoms with Crippen LogP contribution in [0, 0.1) is 50.2 Å². The molecule has 4 saturated carbocycles. The Morgan fingerprint density at radius 2 is 1.05 bits per heavy atom. The number of hydrogen-bond acceptors (Lipinski definition) is 36. The summed E-state index contributed by atoms with van der Waals surface area (Å²) >= 11 is 0. The maximum Gasteiger partial charge on any atom is 0.331 e. The maximum absolute atomic E-state index is 16.6. The quantitative estimate of drug-likeness (QED) is 0.0236. The lowest BCUT2D eigenvalue weighted by Crippen LogP contribution is -2.71. The molecule has 11 aliphatic rings. The number of allylic oxidation sites excluding steroid dienone is 1. The van der Waals surface area contributed by atoms with Crippen molar-refractivity contribution in [2.75, 3.05) is 40.1 Å². The van der Waals surface area contributed by atoms with Crippen molar-refractivity contribution in [3.63, 3.8) is 0 Å². The van der Waals surface area contributed by atoms with Gasteiger partial charge in [0.25, 0.3) is 0 Å².